The highest BCUT2D eigenvalue weighted by molar-refractivity contribution is 9.07. The minimum Gasteiger partial charge on any atom is -0.246 e. The molecule has 0 aromatic rings. The smallest absolute Gasteiger partial charge is 0.0117 e. The van der Waals surface area contributed by atoms with Crippen LogP contribution in [0.5, 0.6) is 0 Å². The molecule has 0 aromatic carbocycles. The zero-order valence-corrected chi connectivity index (χ0v) is 5.12. The van der Waals surface area contributed by atoms with E-state index in [1.807, 2.05) is 11.0 Å². The molecule has 1 nitrogen and oxygen atoms in total. The van der Waals surface area contributed by atoms with Crippen molar-refractivity contribution in [2.75, 3.05) is 13.6 Å². The molecule has 0 unspecified atom stereocenters. The summed E-state index contributed by atoms with van der Waals surface area (Å²) in [7, 11) is 1.97. The molecule has 5 heavy (non-hydrogen) atoms. The second kappa shape index (κ2) is 2.67. The largest absolute Gasteiger partial charge is 0.246 e. The van der Waals surface area contributed by atoms with Crippen LogP contribution in [0.3, 0.4) is 0 Å². The molecule has 0 saturated heterocycles. The SMILES string of the molecule is CCN(C)Br. The molecule has 0 spiro atoms. The normalized spacial score (nSPS) is 9.60. The van der Waals surface area contributed by atoms with Gasteiger partial charge in [-0.25, -0.2) is 3.93 Å². The maximum atomic E-state index is 3.21. The van der Waals surface area contributed by atoms with E-state index >= 15 is 0 Å². The van der Waals surface area contributed by atoms with Gasteiger partial charge in [0, 0.05) is 22.7 Å². The monoisotopic (exact) mass is 137 g/mol. The van der Waals surface area contributed by atoms with Crippen LogP contribution in [-0.2, 0) is 0 Å². The summed E-state index contributed by atoms with van der Waals surface area (Å²) in [6.07, 6.45) is 0. The second-order valence-corrected chi connectivity index (χ2v) is 2.13. The Labute approximate surface area is 41.3 Å². The lowest BCUT2D eigenvalue weighted by molar-refractivity contribution is 0.624. The molecule has 0 rings (SSSR count). The van der Waals surface area contributed by atoms with E-state index in [-0.39, 0.29) is 0 Å². The highest BCUT2D eigenvalue weighted by atomic mass is 79.9. The molecule has 0 aliphatic heterocycles. The molecule has 0 atom stereocenters. The Morgan fingerprint density at radius 1 is 1.80 bits per heavy atom. The van der Waals surface area contributed by atoms with Crippen LogP contribution < -0.4 is 0 Å². The van der Waals surface area contributed by atoms with E-state index < -0.39 is 0 Å². The zero-order chi connectivity index (χ0) is 4.28. The zero-order valence-electron chi connectivity index (χ0n) is 3.53. The maximum absolute atomic E-state index is 3.21. The van der Waals surface area contributed by atoms with Crippen LogP contribution in [-0.4, -0.2) is 17.5 Å². The Hall–Kier alpha value is 0.440. The van der Waals surface area contributed by atoms with Crippen molar-refractivity contribution < 1.29 is 0 Å². The number of rotatable bonds is 1. The summed E-state index contributed by atoms with van der Waals surface area (Å²) >= 11 is 3.21. The molecule has 0 heterocycles. The summed E-state index contributed by atoms with van der Waals surface area (Å²) in [5, 5.41) is 0. The Balaban J connectivity index is 2.54. The summed E-state index contributed by atoms with van der Waals surface area (Å²) in [5.74, 6) is 0. The highest BCUT2D eigenvalue weighted by Gasteiger charge is 1.75. The van der Waals surface area contributed by atoms with Crippen LogP contribution in [0.2, 0.25) is 0 Å². The number of halogens is 1. The first-order valence-electron chi connectivity index (χ1n) is 1.64. The first-order chi connectivity index (χ1) is 2.27. The van der Waals surface area contributed by atoms with Crippen molar-refractivity contribution >= 4 is 16.1 Å². The molecule has 0 fully saturated rings. The van der Waals surface area contributed by atoms with E-state index in [1.54, 1.807) is 0 Å². The van der Waals surface area contributed by atoms with E-state index in [1.165, 1.54) is 0 Å². The molecule has 0 aliphatic carbocycles. The summed E-state index contributed by atoms with van der Waals surface area (Å²) in [6, 6.07) is 0. The molecule has 0 bridgehead atoms. The van der Waals surface area contributed by atoms with Gasteiger partial charge in [-0.1, -0.05) is 6.92 Å². The Bertz CT molecular complexity index is 20.9. The predicted molar refractivity (Wildman–Crippen MR) is 27.2 cm³/mol. The van der Waals surface area contributed by atoms with Crippen LogP contribution in [0.1, 0.15) is 6.92 Å². The Morgan fingerprint density at radius 3 is 2.00 bits per heavy atom. The highest BCUT2D eigenvalue weighted by Crippen LogP contribution is 1.85. The minimum absolute atomic E-state index is 1.06. The fourth-order valence-corrected chi connectivity index (χ4v) is 0. The standard InChI is InChI=1S/C3H8BrN/c1-3-5(2)4/h3H2,1-2H3. The lowest BCUT2D eigenvalue weighted by atomic mass is 10.8. The minimum atomic E-state index is 1.06. The quantitative estimate of drug-likeness (QED) is 0.493. The van der Waals surface area contributed by atoms with Crippen molar-refractivity contribution in [2.45, 2.75) is 6.92 Å². The van der Waals surface area contributed by atoms with Crippen molar-refractivity contribution in [2.24, 2.45) is 0 Å². The topological polar surface area (TPSA) is 3.24 Å². The van der Waals surface area contributed by atoms with Crippen molar-refractivity contribution in [1.82, 2.24) is 3.93 Å². The lowest BCUT2D eigenvalue weighted by Crippen LogP contribution is -1.99. The summed E-state index contributed by atoms with van der Waals surface area (Å²) in [5.41, 5.74) is 0. The number of hydrogen-bond acceptors (Lipinski definition) is 1. The van der Waals surface area contributed by atoms with Crippen molar-refractivity contribution in [1.29, 1.82) is 0 Å². The summed E-state index contributed by atoms with van der Waals surface area (Å²) in [6.45, 7) is 3.13. The molecule has 0 radical (unpaired) electrons. The van der Waals surface area contributed by atoms with Crippen LogP contribution in [0.25, 0.3) is 0 Å². The van der Waals surface area contributed by atoms with Gasteiger partial charge in [-0.15, -0.1) is 0 Å². The molecule has 0 amide bonds. The predicted octanol–water partition coefficient (Wildman–Crippen LogP) is 1.25. The van der Waals surface area contributed by atoms with Crippen LogP contribution >= 0.6 is 16.1 Å². The van der Waals surface area contributed by atoms with E-state index in [2.05, 4.69) is 23.1 Å². The van der Waals surface area contributed by atoms with Crippen LogP contribution in [0.4, 0.5) is 0 Å². The summed E-state index contributed by atoms with van der Waals surface area (Å²) in [4.78, 5) is 0. The number of nitrogens with zero attached hydrogens (tertiary/aromatic N) is 1. The third kappa shape index (κ3) is 4.44. The molecule has 0 aromatic heterocycles. The lowest BCUT2D eigenvalue weighted by Gasteiger charge is -1.96. The second-order valence-electron chi connectivity index (χ2n) is 0.921. The average molecular weight is 138 g/mol. The van der Waals surface area contributed by atoms with Crippen LogP contribution in [0, 0.1) is 0 Å². The van der Waals surface area contributed by atoms with E-state index in [0.717, 1.165) is 6.54 Å². The van der Waals surface area contributed by atoms with Gasteiger partial charge in [-0.3, -0.25) is 0 Å². The van der Waals surface area contributed by atoms with Gasteiger partial charge in [0.05, 0.1) is 0 Å². The molecular weight excluding hydrogens is 130 g/mol. The first-order valence-corrected chi connectivity index (χ1v) is 2.35. The Morgan fingerprint density at radius 2 is 2.00 bits per heavy atom. The fourth-order valence-electron chi connectivity index (χ4n) is 0. The first kappa shape index (κ1) is 5.44. The van der Waals surface area contributed by atoms with Gasteiger partial charge in [0.25, 0.3) is 0 Å². The van der Waals surface area contributed by atoms with Gasteiger partial charge in [-0.2, -0.15) is 0 Å². The third-order valence-corrected chi connectivity index (χ3v) is 0.937. The van der Waals surface area contributed by atoms with Crippen molar-refractivity contribution in [3.63, 3.8) is 0 Å². The summed E-state index contributed by atoms with van der Waals surface area (Å²) < 4.78 is 1.94. The average Bonchev–Trinajstić information content (AvgIpc) is 1.38. The van der Waals surface area contributed by atoms with Gasteiger partial charge in [0.2, 0.25) is 0 Å². The molecule has 2 heteroatoms. The fraction of sp³-hybridized carbons (Fsp3) is 1.00. The van der Waals surface area contributed by atoms with Gasteiger partial charge >= 0.3 is 0 Å². The molecule has 0 aliphatic rings. The van der Waals surface area contributed by atoms with Gasteiger partial charge < -0.3 is 0 Å². The maximum Gasteiger partial charge on any atom is 0.0117 e. The van der Waals surface area contributed by atoms with E-state index in [4.69, 9.17) is 0 Å². The molecular formula is C3H8BrN. The van der Waals surface area contributed by atoms with Crippen molar-refractivity contribution in [3.05, 3.63) is 0 Å². The van der Waals surface area contributed by atoms with Crippen molar-refractivity contribution in [3.8, 4) is 0 Å². The number of hydrogen-bond donors (Lipinski definition) is 0. The van der Waals surface area contributed by atoms with Gasteiger partial charge in [0.15, 0.2) is 0 Å². The van der Waals surface area contributed by atoms with Gasteiger partial charge in [-0.05, 0) is 7.05 Å². The van der Waals surface area contributed by atoms with Crippen LogP contribution in [0.15, 0.2) is 0 Å². The van der Waals surface area contributed by atoms with E-state index in [9.17, 15) is 0 Å². The van der Waals surface area contributed by atoms with E-state index in [0.29, 0.717) is 0 Å². The molecule has 32 valence electrons. The Kier molecular flexibility index (Phi) is 2.90. The molecule has 0 N–H and O–H groups in total. The van der Waals surface area contributed by atoms with Gasteiger partial charge in [0.1, 0.15) is 0 Å². The molecule has 0 saturated carbocycles. The third-order valence-electron chi connectivity index (χ3n) is 0.436.